The van der Waals surface area contributed by atoms with Gasteiger partial charge in [-0.2, -0.15) is 0 Å². The van der Waals surface area contributed by atoms with Crippen LogP contribution in [-0.4, -0.2) is 28.8 Å². The largest absolute Gasteiger partial charge is 0.481 e. The minimum Gasteiger partial charge on any atom is -0.481 e. The lowest BCUT2D eigenvalue weighted by atomic mass is 9.90. The Morgan fingerprint density at radius 3 is 2.21 bits per heavy atom. The zero-order valence-corrected chi connectivity index (χ0v) is 10.4. The molecule has 1 N–H and O–H groups in total. The van der Waals surface area contributed by atoms with Gasteiger partial charge < -0.3 is 5.11 Å². The Hall–Kier alpha value is -0.140. The monoisotopic (exact) mass is 256 g/mol. The summed E-state index contributed by atoms with van der Waals surface area (Å²) in [6, 6.07) is 0. The summed E-state index contributed by atoms with van der Waals surface area (Å²) in [4.78, 5) is 10.8. The average Bonchev–Trinajstić information content (AvgIpc) is 2.02. The molecule has 0 aromatic rings. The van der Waals surface area contributed by atoms with Crippen LogP contribution in [0.15, 0.2) is 0 Å². The maximum absolute atomic E-state index is 11.3. The van der Waals surface area contributed by atoms with Crippen molar-refractivity contribution in [3.63, 3.8) is 0 Å². The minimum atomic E-state index is -3.70. The van der Waals surface area contributed by atoms with Crippen molar-refractivity contribution in [1.82, 2.24) is 0 Å². The van der Waals surface area contributed by atoms with Crippen molar-refractivity contribution < 1.29 is 18.3 Å². The van der Waals surface area contributed by atoms with E-state index in [1.54, 1.807) is 6.92 Å². The second-order valence-electron chi connectivity index (χ2n) is 3.24. The third-order valence-electron chi connectivity index (χ3n) is 2.07. The molecule has 0 saturated heterocycles. The third kappa shape index (κ3) is 3.21. The Balaban J connectivity index is 4.99. The van der Waals surface area contributed by atoms with E-state index in [1.807, 2.05) is 0 Å². The first kappa shape index (κ1) is 13.9. The Labute approximate surface area is 94.0 Å². The second-order valence-corrected chi connectivity index (χ2v) is 6.89. The van der Waals surface area contributed by atoms with E-state index in [4.69, 9.17) is 5.11 Å². The van der Waals surface area contributed by atoms with Crippen LogP contribution in [0, 0.1) is 5.41 Å². The first-order chi connectivity index (χ1) is 6.15. The van der Waals surface area contributed by atoms with Crippen LogP contribution in [-0.2, 0) is 14.6 Å². The summed E-state index contributed by atoms with van der Waals surface area (Å²) < 4.78 is 22.2. The van der Waals surface area contributed by atoms with E-state index in [1.165, 1.54) is 6.92 Å². The fraction of sp³-hybridized carbons (Fsp3) is 0.714. The SMILES string of the molecule is CCC(C)(CS(=O)(=O)C(=S)S)C(=O)O. The van der Waals surface area contributed by atoms with Crippen LogP contribution in [0.2, 0.25) is 0 Å². The fourth-order valence-corrected chi connectivity index (χ4v) is 2.46. The summed E-state index contributed by atoms with van der Waals surface area (Å²) in [5.41, 5.74) is -1.30. The van der Waals surface area contributed by atoms with Gasteiger partial charge in [0.1, 0.15) is 0 Å². The minimum absolute atomic E-state index is 0.220. The van der Waals surface area contributed by atoms with E-state index >= 15 is 0 Å². The molecule has 0 saturated carbocycles. The van der Waals surface area contributed by atoms with Crippen molar-refractivity contribution in [3.8, 4) is 0 Å². The van der Waals surface area contributed by atoms with Crippen molar-refractivity contribution in [1.29, 1.82) is 0 Å². The zero-order valence-electron chi connectivity index (χ0n) is 7.85. The summed E-state index contributed by atoms with van der Waals surface area (Å²) in [5.74, 6) is -1.65. The van der Waals surface area contributed by atoms with Gasteiger partial charge in [-0.15, -0.1) is 12.6 Å². The van der Waals surface area contributed by atoms with Gasteiger partial charge in [0.25, 0.3) is 0 Å². The molecule has 0 bridgehead atoms. The summed E-state index contributed by atoms with van der Waals surface area (Å²) in [6.07, 6.45) is 0.220. The van der Waals surface area contributed by atoms with Crippen LogP contribution >= 0.6 is 24.8 Å². The third-order valence-corrected chi connectivity index (χ3v) is 5.22. The lowest BCUT2D eigenvalue weighted by Gasteiger charge is -2.21. The standard InChI is InChI=1S/C7H12O4S3/c1-3-7(2,5(8)9)4-14(10,11)6(12)13/h3-4H2,1-2H3,(H,8,9)(H,12,13). The highest BCUT2D eigenvalue weighted by Gasteiger charge is 2.37. The molecule has 0 radical (unpaired) electrons. The highest BCUT2D eigenvalue weighted by atomic mass is 32.3. The topological polar surface area (TPSA) is 71.4 Å². The molecule has 0 aliphatic heterocycles. The van der Waals surface area contributed by atoms with Crippen molar-refractivity contribution in [3.05, 3.63) is 0 Å². The van der Waals surface area contributed by atoms with E-state index in [-0.39, 0.29) is 6.42 Å². The molecule has 0 aromatic heterocycles. The number of carboxylic acids is 1. The number of hydrogen-bond donors (Lipinski definition) is 2. The van der Waals surface area contributed by atoms with E-state index in [9.17, 15) is 13.2 Å². The molecule has 0 aliphatic rings. The second kappa shape index (κ2) is 4.59. The van der Waals surface area contributed by atoms with Crippen molar-refractivity contribution >= 4 is 44.2 Å². The van der Waals surface area contributed by atoms with Crippen molar-refractivity contribution in [2.24, 2.45) is 5.41 Å². The summed E-state index contributed by atoms with van der Waals surface area (Å²) in [6.45, 7) is 2.99. The molecule has 1 atom stereocenters. The number of carbonyl (C=O) groups is 1. The Kier molecular flexibility index (Phi) is 4.54. The van der Waals surface area contributed by atoms with Gasteiger partial charge in [-0.25, -0.2) is 8.42 Å². The van der Waals surface area contributed by atoms with Crippen LogP contribution in [0.5, 0.6) is 0 Å². The highest BCUT2D eigenvalue weighted by Crippen LogP contribution is 2.24. The molecule has 7 heteroatoms. The summed E-state index contributed by atoms with van der Waals surface area (Å²) >= 11 is 7.97. The van der Waals surface area contributed by atoms with Crippen molar-refractivity contribution in [2.45, 2.75) is 20.3 Å². The molecule has 0 heterocycles. The summed E-state index contributed by atoms with van der Waals surface area (Å²) in [7, 11) is -3.70. The molecular formula is C7H12O4S3. The van der Waals surface area contributed by atoms with Crippen LogP contribution in [0.1, 0.15) is 20.3 Å². The van der Waals surface area contributed by atoms with Gasteiger partial charge in [0.2, 0.25) is 0 Å². The van der Waals surface area contributed by atoms with E-state index in [0.717, 1.165) is 0 Å². The van der Waals surface area contributed by atoms with Gasteiger partial charge in [0, 0.05) is 0 Å². The Bertz CT molecular complexity index is 346. The molecule has 82 valence electrons. The molecule has 14 heavy (non-hydrogen) atoms. The number of aliphatic carboxylic acids is 1. The maximum Gasteiger partial charge on any atom is 0.310 e. The van der Waals surface area contributed by atoms with Gasteiger partial charge in [-0.1, -0.05) is 19.1 Å². The molecule has 4 nitrogen and oxygen atoms in total. The smallest absolute Gasteiger partial charge is 0.310 e. The molecular weight excluding hydrogens is 244 g/mol. The van der Waals surface area contributed by atoms with Gasteiger partial charge >= 0.3 is 5.97 Å². The fourth-order valence-electron chi connectivity index (χ4n) is 0.796. The predicted octanol–water partition coefficient (Wildman–Crippen LogP) is 1.12. The number of sulfone groups is 1. The predicted molar refractivity (Wildman–Crippen MR) is 61.4 cm³/mol. The number of thiol groups is 1. The normalized spacial score (nSPS) is 15.9. The van der Waals surface area contributed by atoms with Gasteiger partial charge in [-0.3, -0.25) is 4.79 Å². The van der Waals surface area contributed by atoms with E-state index in [2.05, 4.69) is 24.8 Å². The zero-order chi connectivity index (χ0) is 11.6. The summed E-state index contributed by atoms with van der Waals surface area (Å²) in [5, 5.41) is 8.84. The van der Waals surface area contributed by atoms with E-state index in [0.29, 0.717) is 0 Å². The first-order valence-electron chi connectivity index (χ1n) is 3.85. The molecule has 0 rings (SSSR count). The van der Waals surface area contributed by atoms with Crippen LogP contribution in [0.25, 0.3) is 0 Å². The van der Waals surface area contributed by atoms with Gasteiger partial charge in [0.05, 0.1) is 11.2 Å². The highest BCUT2D eigenvalue weighted by molar-refractivity contribution is 8.37. The van der Waals surface area contributed by atoms with Gasteiger partial charge in [0.15, 0.2) is 13.4 Å². The number of thiocarbonyl (C=S) groups is 1. The Morgan fingerprint density at radius 1 is 1.57 bits per heavy atom. The van der Waals surface area contributed by atoms with Crippen LogP contribution < -0.4 is 0 Å². The van der Waals surface area contributed by atoms with Crippen molar-refractivity contribution in [2.75, 3.05) is 5.75 Å². The number of hydrogen-bond acceptors (Lipinski definition) is 4. The molecule has 0 amide bonds. The molecule has 0 spiro atoms. The molecule has 1 unspecified atom stereocenters. The van der Waals surface area contributed by atoms with Gasteiger partial charge in [-0.05, 0) is 13.3 Å². The lowest BCUT2D eigenvalue weighted by molar-refractivity contribution is -0.146. The van der Waals surface area contributed by atoms with Crippen LogP contribution in [0.3, 0.4) is 0 Å². The first-order valence-corrected chi connectivity index (χ1v) is 6.35. The number of carboxylic acid groups (broad SMARTS) is 1. The number of rotatable bonds is 4. The van der Waals surface area contributed by atoms with Crippen LogP contribution in [0.4, 0.5) is 0 Å². The van der Waals surface area contributed by atoms with E-state index < -0.39 is 30.5 Å². The average molecular weight is 256 g/mol. The molecule has 0 aromatic carbocycles. The lowest BCUT2D eigenvalue weighted by Crippen LogP contribution is -2.35. The molecule has 0 aliphatic carbocycles. The quantitative estimate of drug-likeness (QED) is 0.582. The Morgan fingerprint density at radius 2 is 2.00 bits per heavy atom. The maximum atomic E-state index is 11.3. The molecule has 0 fully saturated rings.